The van der Waals surface area contributed by atoms with Crippen LogP contribution in [0.5, 0.6) is 17.4 Å². The van der Waals surface area contributed by atoms with Gasteiger partial charge in [0.15, 0.2) is 0 Å². The van der Waals surface area contributed by atoms with E-state index in [1.165, 1.54) is 5.56 Å². The van der Waals surface area contributed by atoms with Crippen molar-refractivity contribution in [3.63, 3.8) is 0 Å². The fourth-order valence-electron chi connectivity index (χ4n) is 10.8. The molecule has 2 aliphatic heterocycles. The molecule has 0 spiro atoms. The van der Waals surface area contributed by atoms with Gasteiger partial charge in [0.1, 0.15) is 48.0 Å². The van der Waals surface area contributed by atoms with Gasteiger partial charge < -0.3 is 53.6 Å². The van der Waals surface area contributed by atoms with Crippen molar-refractivity contribution in [1.82, 2.24) is 35.5 Å². The molecule has 3 aromatic heterocycles. The lowest BCUT2D eigenvalue weighted by molar-refractivity contribution is -0.122. The Bertz CT molecular complexity index is 3160. The number of fused-ring (bicyclic) bond motifs is 2. The number of hydrogen-bond donors (Lipinski definition) is 3. The molecule has 4 atom stereocenters. The third-order valence-corrected chi connectivity index (χ3v) is 14.9. The molecule has 444 valence electrons. The second kappa shape index (κ2) is 28.9. The van der Waals surface area contributed by atoms with E-state index >= 15 is 0 Å². The molecular weight excluding hydrogens is 1070 g/mol. The summed E-state index contributed by atoms with van der Waals surface area (Å²) in [4.78, 5) is 75.2. The van der Waals surface area contributed by atoms with Gasteiger partial charge in [0.05, 0.1) is 75.9 Å². The average Bonchev–Trinajstić information content (AvgIpc) is 2.97. The molecule has 9 rings (SSSR count). The molecule has 1 saturated carbocycles. The van der Waals surface area contributed by atoms with Crippen LogP contribution in [-0.2, 0) is 43.3 Å². The van der Waals surface area contributed by atoms with E-state index in [1.807, 2.05) is 94.1 Å². The molecule has 4 amide bonds. The number of hydrogen-bond acceptors (Lipinski definition) is 16. The van der Waals surface area contributed by atoms with Crippen LogP contribution in [0.1, 0.15) is 115 Å². The van der Waals surface area contributed by atoms with E-state index < -0.39 is 23.8 Å². The highest BCUT2D eigenvalue weighted by atomic mass is 16.6. The maximum Gasteiger partial charge on any atom is 0.412 e. The SMILES string of the molecule is COc1ccc(C(=O)N2CCc3ccc(OCc4ccc(OCCOCCOCCOCCNC(=O)[C@@H]5C[C@@H]6CCCC[C@@H]6N5c5cc([C@H](C)NC(=O)c6ccc(-c7ccc(NC(=O)OC(C)(C)C)cc7)cc6)nc(C)n5)cn4)cc3C2)cn1. The van der Waals surface area contributed by atoms with E-state index in [1.54, 1.807) is 55.9 Å². The topological polar surface area (TPSA) is 227 Å². The normalized spacial score (nSPS) is 16.9. The number of carbonyl (C=O) groups excluding carboxylic acids is 4. The molecule has 2 fully saturated rings. The summed E-state index contributed by atoms with van der Waals surface area (Å²) in [7, 11) is 1.54. The molecular formula is C64H77N9O11. The monoisotopic (exact) mass is 1150 g/mol. The first-order valence-electron chi connectivity index (χ1n) is 28.9. The fourth-order valence-corrected chi connectivity index (χ4v) is 10.8. The molecule has 3 N–H and O–H groups in total. The minimum Gasteiger partial charge on any atom is -0.490 e. The summed E-state index contributed by atoms with van der Waals surface area (Å²) in [6.07, 6.45) is 8.46. The zero-order valence-electron chi connectivity index (χ0n) is 48.9. The minimum absolute atomic E-state index is 0.0589. The minimum atomic E-state index is -0.599. The summed E-state index contributed by atoms with van der Waals surface area (Å²) in [5, 5.41) is 8.97. The van der Waals surface area contributed by atoms with E-state index in [2.05, 4.69) is 36.9 Å². The highest BCUT2D eigenvalue weighted by molar-refractivity contribution is 5.95. The van der Waals surface area contributed by atoms with E-state index in [0.29, 0.717) is 123 Å². The van der Waals surface area contributed by atoms with E-state index in [-0.39, 0.29) is 30.4 Å². The number of amides is 4. The lowest BCUT2D eigenvalue weighted by Crippen LogP contribution is -2.48. The molecule has 1 aliphatic carbocycles. The van der Waals surface area contributed by atoms with Crippen LogP contribution in [0.3, 0.4) is 0 Å². The first-order valence-corrected chi connectivity index (χ1v) is 28.9. The van der Waals surface area contributed by atoms with Crippen molar-refractivity contribution in [2.45, 2.75) is 110 Å². The summed E-state index contributed by atoms with van der Waals surface area (Å²) in [5.74, 6) is 3.06. The summed E-state index contributed by atoms with van der Waals surface area (Å²) >= 11 is 0. The average molecular weight is 1150 g/mol. The van der Waals surface area contributed by atoms with Crippen LogP contribution in [0.2, 0.25) is 0 Å². The Labute approximate surface area is 491 Å². The van der Waals surface area contributed by atoms with Crippen LogP contribution < -0.4 is 35.1 Å². The Morgan fingerprint density at radius 2 is 1.43 bits per heavy atom. The van der Waals surface area contributed by atoms with Gasteiger partial charge >= 0.3 is 6.09 Å². The number of benzene rings is 3. The number of rotatable bonds is 25. The van der Waals surface area contributed by atoms with Crippen LogP contribution in [0.15, 0.2) is 109 Å². The predicted molar refractivity (Wildman–Crippen MR) is 316 cm³/mol. The molecule has 1 saturated heterocycles. The second-order valence-corrected chi connectivity index (χ2v) is 22.2. The molecule has 3 aliphatic rings. The fraction of sp³-hybridized carbons (Fsp3) is 0.438. The molecule has 6 aromatic rings. The van der Waals surface area contributed by atoms with Gasteiger partial charge in [-0.1, -0.05) is 43.2 Å². The maximum absolute atomic E-state index is 13.9. The van der Waals surface area contributed by atoms with Crippen molar-refractivity contribution >= 4 is 35.3 Å². The van der Waals surface area contributed by atoms with Crippen LogP contribution >= 0.6 is 0 Å². The van der Waals surface area contributed by atoms with Gasteiger partial charge in [-0.2, -0.15) is 0 Å². The first kappa shape index (κ1) is 60.4. The highest BCUT2D eigenvalue weighted by Crippen LogP contribution is 2.42. The largest absolute Gasteiger partial charge is 0.490 e. The standard InChI is InChI=1S/C64H77N9O11/c1-42(68-60(74)47-13-11-44(12-14-47)45-15-19-51(20-16-45)71-63(77)84-64(3,4)5)55-37-58(70-43(2)69-55)73-56-10-8-7-9-48(56)36-57(73)61(75)65-26-28-79-29-30-80-31-32-81-33-34-82-54-23-21-52(66-39-54)41-83-53-22-17-46-25-27-72(40-50(46)35-53)62(76)49-18-24-59(78-6)67-38-49/h11-24,35,37-39,42,48,56-57H,7-10,25-34,36,40-41H2,1-6H3,(H,65,75)(H,68,74)(H,71,77)/t42-,48-,56-,57-/m0/s1. The lowest BCUT2D eigenvalue weighted by atomic mass is 9.84. The van der Waals surface area contributed by atoms with E-state index in [0.717, 1.165) is 60.9 Å². The predicted octanol–water partition coefficient (Wildman–Crippen LogP) is 9.25. The molecule has 84 heavy (non-hydrogen) atoms. The van der Waals surface area contributed by atoms with Crippen molar-refractivity contribution < 1.29 is 52.3 Å². The molecule has 0 unspecified atom stereocenters. The van der Waals surface area contributed by atoms with E-state index in [4.69, 9.17) is 43.1 Å². The number of carbonyl (C=O) groups is 4. The van der Waals surface area contributed by atoms with Crippen molar-refractivity contribution in [3.8, 4) is 28.5 Å². The third kappa shape index (κ3) is 16.8. The van der Waals surface area contributed by atoms with Crippen LogP contribution in [-0.4, -0.2) is 133 Å². The van der Waals surface area contributed by atoms with Gasteiger partial charge in [0, 0.05) is 55.3 Å². The van der Waals surface area contributed by atoms with Gasteiger partial charge in [-0.05, 0) is 143 Å². The molecule has 20 heteroatoms. The number of aryl methyl sites for hydroxylation is 1. The third-order valence-electron chi connectivity index (χ3n) is 14.9. The number of nitrogens with one attached hydrogen (secondary N) is 3. The summed E-state index contributed by atoms with van der Waals surface area (Å²) in [6, 6.07) is 29.2. The Balaban J connectivity index is 0.640. The number of methoxy groups -OCH3 is 1. The number of pyridine rings is 2. The van der Waals surface area contributed by atoms with E-state index in [9.17, 15) is 19.2 Å². The number of anilines is 2. The van der Waals surface area contributed by atoms with Gasteiger partial charge in [0.25, 0.3) is 11.8 Å². The van der Waals surface area contributed by atoms with Gasteiger partial charge in [-0.15, -0.1) is 0 Å². The van der Waals surface area contributed by atoms with Gasteiger partial charge in [-0.3, -0.25) is 24.7 Å². The Morgan fingerprint density at radius 1 is 0.726 bits per heavy atom. The molecule has 20 nitrogen and oxygen atoms in total. The summed E-state index contributed by atoms with van der Waals surface area (Å²) in [6.45, 7) is 13.6. The lowest BCUT2D eigenvalue weighted by Gasteiger charge is -2.35. The first-order chi connectivity index (χ1) is 40.7. The highest BCUT2D eigenvalue weighted by Gasteiger charge is 2.46. The summed E-state index contributed by atoms with van der Waals surface area (Å²) in [5.41, 5.74) is 6.55. The number of aromatic nitrogens is 4. The molecule has 0 bridgehead atoms. The van der Waals surface area contributed by atoms with Crippen molar-refractivity contribution in [3.05, 3.63) is 149 Å². The Morgan fingerprint density at radius 3 is 2.13 bits per heavy atom. The number of nitrogens with zero attached hydrogens (tertiary/aromatic N) is 6. The Kier molecular flexibility index (Phi) is 20.8. The van der Waals surface area contributed by atoms with Crippen molar-refractivity contribution in [2.24, 2.45) is 5.92 Å². The smallest absolute Gasteiger partial charge is 0.412 e. The Hall–Kier alpha value is -8.20. The zero-order chi connectivity index (χ0) is 59.0. The van der Waals surface area contributed by atoms with Crippen LogP contribution in [0.25, 0.3) is 11.1 Å². The van der Waals surface area contributed by atoms with Gasteiger partial charge in [-0.25, -0.2) is 19.7 Å². The zero-order valence-corrected chi connectivity index (χ0v) is 48.9. The molecule has 0 radical (unpaired) electrons. The van der Waals surface area contributed by atoms with Crippen molar-refractivity contribution in [1.29, 1.82) is 0 Å². The second-order valence-electron chi connectivity index (χ2n) is 22.2. The quantitative estimate of drug-likeness (QED) is 0.0454. The summed E-state index contributed by atoms with van der Waals surface area (Å²) < 4.78 is 39.6. The maximum atomic E-state index is 13.9. The molecule has 3 aromatic carbocycles. The molecule has 5 heterocycles. The van der Waals surface area contributed by atoms with Crippen molar-refractivity contribution in [2.75, 3.05) is 76.7 Å². The van der Waals surface area contributed by atoms with Gasteiger partial charge in [0.2, 0.25) is 11.8 Å². The number of ether oxygens (including phenoxy) is 7. The van der Waals surface area contributed by atoms with Crippen LogP contribution in [0.4, 0.5) is 16.3 Å². The van der Waals surface area contributed by atoms with Crippen LogP contribution in [0, 0.1) is 12.8 Å².